The molecule has 1 aromatic heterocycles. The van der Waals surface area contributed by atoms with E-state index in [2.05, 4.69) is 27.8 Å². The predicted octanol–water partition coefficient (Wildman–Crippen LogP) is 1.52. The third kappa shape index (κ3) is 1.34. The topological polar surface area (TPSA) is 56.9 Å². The van der Waals surface area contributed by atoms with Crippen molar-refractivity contribution in [2.24, 2.45) is 0 Å². The van der Waals surface area contributed by atoms with Crippen molar-refractivity contribution in [1.29, 1.82) is 0 Å². The Morgan fingerprint density at radius 2 is 2.20 bits per heavy atom. The first-order valence-corrected chi connectivity index (χ1v) is 4.94. The van der Waals surface area contributed by atoms with Gasteiger partial charge in [-0.3, -0.25) is 0 Å². The van der Waals surface area contributed by atoms with Crippen LogP contribution in [0.25, 0.3) is 10.9 Å². The lowest BCUT2D eigenvalue weighted by Gasteiger charge is -2.08. The van der Waals surface area contributed by atoms with Gasteiger partial charge in [-0.15, -0.1) is 0 Å². The Bertz CT molecular complexity index is 517. The Hall–Kier alpha value is -1.97. The second-order valence-corrected chi connectivity index (χ2v) is 3.73. The van der Waals surface area contributed by atoms with Crippen molar-refractivity contribution in [3.8, 4) is 0 Å². The standard InChI is InChI=1S/C11H11N3O/c15-11-13-6-10(14-11)8-2-1-7-3-4-12-9(7)5-8/h1-5,10,12H,6H2,(H2,13,14,15)/t10-/m0/s1. The summed E-state index contributed by atoms with van der Waals surface area (Å²) >= 11 is 0. The molecular weight excluding hydrogens is 190 g/mol. The summed E-state index contributed by atoms with van der Waals surface area (Å²) in [6.07, 6.45) is 1.92. The molecule has 0 bridgehead atoms. The first-order chi connectivity index (χ1) is 7.33. The van der Waals surface area contributed by atoms with Gasteiger partial charge >= 0.3 is 6.03 Å². The molecule has 2 aromatic rings. The van der Waals surface area contributed by atoms with Crippen LogP contribution in [0.5, 0.6) is 0 Å². The zero-order valence-electron chi connectivity index (χ0n) is 8.08. The molecule has 0 unspecified atom stereocenters. The smallest absolute Gasteiger partial charge is 0.315 e. The van der Waals surface area contributed by atoms with Crippen LogP contribution in [-0.4, -0.2) is 17.6 Å². The molecule has 76 valence electrons. The van der Waals surface area contributed by atoms with Crippen LogP contribution in [0.15, 0.2) is 30.5 Å². The number of carbonyl (C=O) groups excluding carboxylic acids is 1. The number of nitrogens with one attached hydrogen (secondary N) is 3. The van der Waals surface area contributed by atoms with E-state index in [1.807, 2.05) is 18.3 Å². The van der Waals surface area contributed by atoms with E-state index < -0.39 is 0 Å². The van der Waals surface area contributed by atoms with Gasteiger partial charge in [0, 0.05) is 18.3 Å². The predicted molar refractivity (Wildman–Crippen MR) is 57.6 cm³/mol. The van der Waals surface area contributed by atoms with Gasteiger partial charge in [0.1, 0.15) is 0 Å². The summed E-state index contributed by atoms with van der Waals surface area (Å²) in [5.74, 6) is 0. The van der Waals surface area contributed by atoms with Crippen molar-refractivity contribution in [1.82, 2.24) is 15.6 Å². The summed E-state index contributed by atoms with van der Waals surface area (Å²) in [6, 6.07) is 8.22. The summed E-state index contributed by atoms with van der Waals surface area (Å²) in [5.41, 5.74) is 2.23. The number of urea groups is 1. The monoisotopic (exact) mass is 201 g/mol. The molecule has 3 N–H and O–H groups in total. The molecule has 4 heteroatoms. The lowest BCUT2D eigenvalue weighted by atomic mass is 10.1. The second kappa shape index (κ2) is 3.02. The molecule has 2 heterocycles. The summed E-state index contributed by atoms with van der Waals surface area (Å²) in [6.45, 7) is 0.658. The van der Waals surface area contributed by atoms with E-state index in [0.29, 0.717) is 6.54 Å². The molecule has 1 fully saturated rings. The zero-order chi connectivity index (χ0) is 10.3. The molecule has 4 nitrogen and oxygen atoms in total. The van der Waals surface area contributed by atoms with Crippen LogP contribution in [0.1, 0.15) is 11.6 Å². The number of fused-ring (bicyclic) bond motifs is 1. The molecule has 0 radical (unpaired) electrons. The number of hydrogen-bond acceptors (Lipinski definition) is 1. The van der Waals surface area contributed by atoms with Crippen molar-refractivity contribution < 1.29 is 4.79 Å². The largest absolute Gasteiger partial charge is 0.361 e. The highest BCUT2D eigenvalue weighted by atomic mass is 16.2. The maximum absolute atomic E-state index is 11.0. The summed E-state index contributed by atoms with van der Waals surface area (Å²) in [4.78, 5) is 14.2. The van der Waals surface area contributed by atoms with Gasteiger partial charge < -0.3 is 15.6 Å². The molecule has 0 aliphatic carbocycles. The Morgan fingerprint density at radius 1 is 1.27 bits per heavy atom. The SMILES string of the molecule is O=C1NC[C@@H](c2ccc3cc[nH]c3c2)N1. The normalized spacial score (nSPS) is 20.3. The van der Waals surface area contributed by atoms with Crippen LogP contribution in [0.3, 0.4) is 0 Å². The first kappa shape index (κ1) is 8.35. The van der Waals surface area contributed by atoms with E-state index in [0.717, 1.165) is 11.1 Å². The van der Waals surface area contributed by atoms with Gasteiger partial charge in [0.15, 0.2) is 0 Å². The molecule has 15 heavy (non-hydrogen) atoms. The Labute approximate surface area is 86.7 Å². The van der Waals surface area contributed by atoms with E-state index in [1.165, 1.54) is 5.39 Å². The van der Waals surface area contributed by atoms with Gasteiger partial charge in [0.25, 0.3) is 0 Å². The second-order valence-electron chi connectivity index (χ2n) is 3.73. The number of benzene rings is 1. The van der Waals surface area contributed by atoms with Crippen LogP contribution < -0.4 is 10.6 Å². The van der Waals surface area contributed by atoms with Crippen molar-refractivity contribution >= 4 is 16.9 Å². The Balaban J connectivity index is 2.00. The average Bonchev–Trinajstić information content (AvgIpc) is 2.84. The quantitative estimate of drug-likeness (QED) is 0.643. The van der Waals surface area contributed by atoms with Crippen LogP contribution in [0, 0.1) is 0 Å². The fraction of sp³-hybridized carbons (Fsp3) is 0.182. The van der Waals surface area contributed by atoms with Crippen molar-refractivity contribution in [3.63, 3.8) is 0 Å². The lowest BCUT2D eigenvalue weighted by Crippen LogP contribution is -2.21. The van der Waals surface area contributed by atoms with E-state index in [1.54, 1.807) is 0 Å². The fourth-order valence-corrected chi connectivity index (χ4v) is 1.94. The number of carbonyl (C=O) groups is 1. The van der Waals surface area contributed by atoms with Crippen LogP contribution >= 0.6 is 0 Å². The molecule has 1 aromatic carbocycles. The number of aromatic amines is 1. The molecule has 3 rings (SSSR count). The van der Waals surface area contributed by atoms with Gasteiger partial charge in [-0.05, 0) is 23.1 Å². The van der Waals surface area contributed by atoms with E-state index >= 15 is 0 Å². The van der Waals surface area contributed by atoms with Crippen LogP contribution in [0.2, 0.25) is 0 Å². The molecule has 1 atom stereocenters. The van der Waals surface area contributed by atoms with Crippen LogP contribution in [0.4, 0.5) is 4.79 Å². The third-order valence-electron chi connectivity index (χ3n) is 2.75. The van der Waals surface area contributed by atoms with E-state index in [4.69, 9.17) is 0 Å². The molecule has 0 saturated carbocycles. The summed E-state index contributed by atoms with van der Waals surface area (Å²) in [7, 11) is 0. The molecule has 0 spiro atoms. The van der Waals surface area contributed by atoms with Gasteiger partial charge in [0.2, 0.25) is 0 Å². The zero-order valence-corrected chi connectivity index (χ0v) is 8.08. The fourth-order valence-electron chi connectivity index (χ4n) is 1.94. The van der Waals surface area contributed by atoms with Gasteiger partial charge in [-0.25, -0.2) is 4.79 Å². The third-order valence-corrected chi connectivity index (χ3v) is 2.75. The highest BCUT2D eigenvalue weighted by molar-refractivity contribution is 5.81. The van der Waals surface area contributed by atoms with Crippen molar-refractivity contribution in [3.05, 3.63) is 36.0 Å². The highest BCUT2D eigenvalue weighted by Crippen LogP contribution is 2.20. The first-order valence-electron chi connectivity index (χ1n) is 4.94. The van der Waals surface area contributed by atoms with Crippen LogP contribution in [-0.2, 0) is 0 Å². The van der Waals surface area contributed by atoms with Crippen molar-refractivity contribution in [2.45, 2.75) is 6.04 Å². The van der Waals surface area contributed by atoms with Gasteiger partial charge in [-0.1, -0.05) is 12.1 Å². The summed E-state index contributed by atoms with van der Waals surface area (Å²) in [5, 5.41) is 6.80. The molecule has 2 amide bonds. The Kier molecular flexibility index (Phi) is 1.68. The van der Waals surface area contributed by atoms with E-state index in [9.17, 15) is 4.79 Å². The highest BCUT2D eigenvalue weighted by Gasteiger charge is 2.21. The molecule has 1 aliphatic heterocycles. The lowest BCUT2D eigenvalue weighted by molar-refractivity contribution is 0.247. The summed E-state index contributed by atoms with van der Waals surface area (Å²) < 4.78 is 0. The van der Waals surface area contributed by atoms with Crippen molar-refractivity contribution in [2.75, 3.05) is 6.54 Å². The molecule has 1 aliphatic rings. The minimum atomic E-state index is -0.0911. The average molecular weight is 201 g/mol. The molecule has 1 saturated heterocycles. The maximum atomic E-state index is 11.0. The van der Waals surface area contributed by atoms with E-state index in [-0.39, 0.29) is 12.1 Å². The molecular formula is C11H11N3O. The van der Waals surface area contributed by atoms with Gasteiger partial charge in [0.05, 0.1) is 6.04 Å². The number of amides is 2. The number of H-pyrrole nitrogens is 1. The minimum absolute atomic E-state index is 0.0881. The Morgan fingerprint density at radius 3 is 3.00 bits per heavy atom. The number of aromatic nitrogens is 1. The number of rotatable bonds is 1. The minimum Gasteiger partial charge on any atom is -0.361 e. The van der Waals surface area contributed by atoms with Gasteiger partial charge in [-0.2, -0.15) is 0 Å². The maximum Gasteiger partial charge on any atom is 0.315 e. The number of hydrogen-bond donors (Lipinski definition) is 3.